The first-order valence-corrected chi connectivity index (χ1v) is 7.90. The van der Waals surface area contributed by atoms with Crippen LogP contribution in [0.25, 0.3) is 0 Å². The van der Waals surface area contributed by atoms with E-state index < -0.39 is 17.6 Å². The molecule has 0 spiro atoms. The Labute approximate surface area is 146 Å². The molecule has 9 heteroatoms. The van der Waals surface area contributed by atoms with Crippen molar-refractivity contribution in [3.05, 3.63) is 56.2 Å². The molecule has 2 aromatic rings. The number of ether oxygens (including phenoxy) is 1. The highest BCUT2D eigenvalue weighted by Gasteiger charge is 2.36. The predicted molar refractivity (Wildman–Crippen MR) is 85.7 cm³/mol. The largest absolute Gasteiger partial charge is 0.495 e. The fraction of sp³-hybridized carbons (Fsp3) is 0.375. The molecule has 1 aromatic heterocycles. The summed E-state index contributed by atoms with van der Waals surface area (Å²) in [5.74, 6) is -0.702. The van der Waals surface area contributed by atoms with Gasteiger partial charge in [-0.25, -0.2) is 4.98 Å². The first-order valence-electron chi connectivity index (χ1n) is 7.52. The third kappa shape index (κ3) is 3.64. The summed E-state index contributed by atoms with van der Waals surface area (Å²) in [7, 11) is 1.52. The van der Waals surface area contributed by atoms with Crippen LogP contribution in [0.2, 0.25) is 5.02 Å². The maximum atomic E-state index is 12.7. The Morgan fingerprint density at radius 2 is 2.16 bits per heavy atom. The summed E-state index contributed by atoms with van der Waals surface area (Å²) in [5, 5.41) is 0.482. The van der Waals surface area contributed by atoms with Gasteiger partial charge in [0, 0.05) is 26.1 Å². The minimum atomic E-state index is -4.67. The van der Waals surface area contributed by atoms with E-state index in [0.29, 0.717) is 23.9 Å². The molecule has 25 heavy (non-hydrogen) atoms. The Morgan fingerprint density at radius 3 is 2.84 bits per heavy atom. The van der Waals surface area contributed by atoms with E-state index >= 15 is 0 Å². The summed E-state index contributed by atoms with van der Waals surface area (Å²) in [6, 6.07) is 5.39. The van der Waals surface area contributed by atoms with Crippen LogP contribution in [0, 0.1) is 0 Å². The molecule has 0 atom stereocenters. The second-order valence-electron chi connectivity index (χ2n) is 5.73. The second kappa shape index (κ2) is 6.68. The van der Waals surface area contributed by atoms with Gasteiger partial charge in [-0.1, -0.05) is 23.7 Å². The van der Waals surface area contributed by atoms with Crippen LogP contribution in [0.1, 0.15) is 22.6 Å². The molecular weight excluding hydrogens is 359 g/mol. The van der Waals surface area contributed by atoms with Crippen molar-refractivity contribution in [1.82, 2.24) is 14.9 Å². The van der Waals surface area contributed by atoms with E-state index in [1.165, 1.54) is 7.11 Å². The molecule has 0 radical (unpaired) electrons. The number of rotatable bonds is 3. The third-order valence-corrected chi connectivity index (χ3v) is 4.50. The molecule has 1 aliphatic rings. The van der Waals surface area contributed by atoms with Gasteiger partial charge in [0.25, 0.3) is 5.56 Å². The second-order valence-corrected chi connectivity index (χ2v) is 6.11. The quantitative estimate of drug-likeness (QED) is 0.898. The van der Waals surface area contributed by atoms with Crippen molar-refractivity contribution in [2.45, 2.75) is 25.7 Å². The lowest BCUT2D eigenvalue weighted by Gasteiger charge is -2.28. The molecule has 134 valence electrons. The minimum Gasteiger partial charge on any atom is -0.495 e. The average molecular weight is 374 g/mol. The first kappa shape index (κ1) is 17.8. The summed E-state index contributed by atoms with van der Waals surface area (Å²) in [6.07, 6.45) is -4.40. The van der Waals surface area contributed by atoms with Crippen molar-refractivity contribution >= 4 is 11.6 Å². The number of nitrogens with zero attached hydrogens (tertiary/aromatic N) is 2. The molecule has 1 aromatic carbocycles. The van der Waals surface area contributed by atoms with Crippen LogP contribution in [-0.4, -0.2) is 28.5 Å². The molecule has 3 rings (SSSR count). The molecule has 0 bridgehead atoms. The van der Waals surface area contributed by atoms with Gasteiger partial charge in [-0.05, 0) is 11.6 Å². The number of nitrogens with one attached hydrogen (secondary N) is 1. The highest BCUT2D eigenvalue weighted by Crippen LogP contribution is 2.30. The molecule has 1 N–H and O–H groups in total. The zero-order valence-electron chi connectivity index (χ0n) is 13.3. The summed E-state index contributed by atoms with van der Waals surface area (Å²) < 4.78 is 43.4. The van der Waals surface area contributed by atoms with Crippen molar-refractivity contribution in [2.24, 2.45) is 0 Å². The molecule has 0 amide bonds. The van der Waals surface area contributed by atoms with E-state index in [1.807, 2.05) is 22.0 Å². The summed E-state index contributed by atoms with van der Waals surface area (Å²) >= 11 is 6.27. The lowest BCUT2D eigenvalue weighted by Crippen LogP contribution is -2.36. The number of halogens is 4. The van der Waals surface area contributed by atoms with Gasteiger partial charge < -0.3 is 9.72 Å². The van der Waals surface area contributed by atoms with Crippen molar-refractivity contribution < 1.29 is 17.9 Å². The Hall–Kier alpha value is -2.06. The number of hydrogen-bond donors (Lipinski definition) is 1. The minimum absolute atomic E-state index is 0.198. The Morgan fingerprint density at radius 1 is 1.40 bits per heavy atom. The first-order chi connectivity index (χ1) is 11.8. The van der Waals surface area contributed by atoms with E-state index in [2.05, 4.69) is 4.98 Å². The number of benzene rings is 1. The van der Waals surface area contributed by atoms with Gasteiger partial charge in [0.2, 0.25) is 5.82 Å². The topological polar surface area (TPSA) is 58.2 Å². The Bertz CT molecular complexity index is 851. The van der Waals surface area contributed by atoms with Crippen molar-refractivity contribution in [1.29, 1.82) is 0 Å². The van der Waals surface area contributed by atoms with E-state index in [0.717, 1.165) is 5.56 Å². The SMILES string of the molecule is COc1cccc(CN2CCc3nc(C(F)(F)F)[nH]c(=O)c3C2)c1Cl. The molecule has 5 nitrogen and oxygen atoms in total. The molecular formula is C16H15ClF3N3O2. The van der Waals surface area contributed by atoms with Crippen molar-refractivity contribution in [3.8, 4) is 5.75 Å². The van der Waals surface area contributed by atoms with Gasteiger partial charge in [0.15, 0.2) is 0 Å². The predicted octanol–water partition coefficient (Wildman–Crippen LogP) is 3.01. The molecule has 2 heterocycles. The van der Waals surface area contributed by atoms with Gasteiger partial charge >= 0.3 is 6.18 Å². The lowest BCUT2D eigenvalue weighted by molar-refractivity contribution is -0.145. The van der Waals surface area contributed by atoms with Gasteiger partial charge in [0.05, 0.1) is 23.4 Å². The Kier molecular flexibility index (Phi) is 4.75. The van der Waals surface area contributed by atoms with Gasteiger partial charge in [-0.15, -0.1) is 0 Å². The third-order valence-electron chi connectivity index (χ3n) is 4.07. The molecule has 1 aliphatic heterocycles. The van der Waals surface area contributed by atoms with E-state index in [4.69, 9.17) is 16.3 Å². The van der Waals surface area contributed by atoms with Gasteiger partial charge in [-0.3, -0.25) is 9.69 Å². The van der Waals surface area contributed by atoms with Crippen LogP contribution < -0.4 is 10.3 Å². The standard InChI is InChI=1S/C16H15ClF3N3O2/c1-25-12-4-2-3-9(13(12)17)7-23-6-5-11-10(8-23)14(24)22-15(21-11)16(18,19)20/h2-4H,5-8H2,1H3,(H,21,22,24). The number of methoxy groups -OCH3 is 1. The normalized spacial score (nSPS) is 15.1. The molecule has 0 aliphatic carbocycles. The van der Waals surface area contributed by atoms with Crippen LogP contribution in [0.5, 0.6) is 5.75 Å². The number of aromatic amines is 1. The summed E-state index contributed by atoms with van der Waals surface area (Å²) in [5.41, 5.74) is 0.530. The summed E-state index contributed by atoms with van der Waals surface area (Å²) in [4.78, 5) is 19.4. The highest BCUT2D eigenvalue weighted by molar-refractivity contribution is 6.32. The highest BCUT2D eigenvalue weighted by atomic mass is 35.5. The number of fused-ring (bicyclic) bond motifs is 1. The van der Waals surface area contributed by atoms with Gasteiger partial charge in [0.1, 0.15) is 5.75 Å². The van der Waals surface area contributed by atoms with Crippen molar-refractivity contribution in [2.75, 3.05) is 13.7 Å². The maximum Gasteiger partial charge on any atom is 0.449 e. The lowest BCUT2D eigenvalue weighted by atomic mass is 10.1. The van der Waals surface area contributed by atoms with E-state index in [9.17, 15) is 18.0 Å². The average Bonchev–Trinajstić information content (AvgIpc) is 2.56. The van der Waals surface area contributed by atoms with Crippen LogP contribution in [0.15, 0.2) is 23.0 Å². The van der Waals surface area contributed by atoms with E-state index in [1.54, 1.807) is 6.07 Å². The number of H-pyrrole nitrogens is 1. The van der Waals surface area contributed by atoms with Crippen LogP contribution >= 0.6 is 11.6 Å². The van der Waals surface area contributed by atoms with Crippen LogP contribution in [0.4, 0.5) is 13.2 Å². The molecule has 0 fully saturated rings. The van der Waals surface area contributed by atoms with Gasteiger partial charge in [-0.2, -0.15) is 13.2 Å². The number of aromatic nitrogens is 2. The smallest absolute Gasteiger partial charge is 0.449 e. The number of hydrogen-bond acceptors (Lipinski definition) is 4. The monoisotopic (exact) mass is 373 g/mol. The van der Waals surface area contributed by atoms with Crippen LogP contribution in [0.3, 0.4) is 0 Å². The van der Waals surface area contributed by atoms with Crippen molar-refractivity contribution in [3.63, 3.8) is 0 Å². The molecule has 0 saturated carbocycles. The fourth-order valence-electron chi connectivity index (χ4n) is 2.83. The Balaban J connectivity index is 1.84. The molecule has 0 unspecified atom stereocenters. The maximum absolute atomic E-state index is 12.7. The number of alkyl halides is 3. The summed E-state index contributed by atoms with van der Waals surface area (Å²) in [6.45, 7) is 1.15. The zero-order valence-corrected chi connectivity index (χ0v) is 14.0. The zero-order chi connectivity index (χ0) is 18.2. The molecule has 0 saturated heterocycles. The van der Waals surface area contributed by atoms with E-state index in [-0.39, 0.29) is 24.2 Å². The van der Waals surface area contributed by atoms with Crippen LogP contribution in [-0.2, 0) is 25.7 Å². The fourth-order valence-corrected chi connectivity index (χ4v) is 3.09.